The number of anilines is 2. The van der Waals surface area contributed by atoms with E-state index in [1.54, 1.807) is 24.3 Å². The molecule has 0 heterocycles. The van der Waals surface area contributed by atoms with Gasteiger partial charge < -0.3 is 16.0 Å². The zero-order valence-corrected chi connectivity index (χ0v) is 15.4. The first-order valence-corrected chi connectivity index (χ1v) is 8.89. The molecule has 0 unspecified atom stereocenters. The fourth-order valence-electron chi connectivity index (χ4n) is 2.41. The van der Waals surface area contributed by atoms with E-state index in [1.165, 1.54) is 12.1 Å². The third-order valence-corrected chi connectivity index (χ3v) is 3.87. The molecule has 0 aliphatic carbocycles. The summed E-state index contributed by atoms with van der Waals surface area (Å²) in [5.74, 6) is -0.706. The summed E-state index contributed by atoms with van der Waals surface area (Å²) in [7, 11) is 0. The van der Waals surface area contributed by atoms with Crippen molar-refractivity contribution in [3.8, 4) is 0 Å². The molecule has 3 N–H and O–H groups in total. The summed E-state index contributed by atoms with van der Waals surface area (Å²) < 4.78 is 38.2. The van der Waals surface area contributed by atoms with Crippen LogP contribution in [0.3, 0.4) is 0 Å². The van der Waals surface area contributed by atoms with Crippen molar-refractivity contribution in [1.82, 2.24) is 5.32 Å². The summed E-state index contributed by atoms with van der Waals surface area (Å²) in [5.41, 5.74) is 0.243. The van der Waals surface area contributed by atoms with Crippen LogP contribution in [0.25, 0.3) is 0 Å². The predicted octanol–water partition coefficient (Wildman–Crippen LogP) is 4.29. The number of carbonyl (C=O) groups excluding carboxylic acids is 2. The van der Waals surface area contributed by atoms with Crippen LogP contribution in [0.5, 0.6) is 0 Å². The molecule has 2 aromatic carbocycles. The van der Waals surface area contributed by atoms with Crippen LogP contribution >= 0.6 is 0 Å². The van der Waals surface area contributed by atoms with Gasteiger partial charge in [-0.05, 0) is 42.8 Å². The van der Waals surface area contributed by atoms with Crippen LogP contribution in [-0.2, 0) is 11.0 Å². The minimum absolute atomic E-state index is 0.0608. The molecule has 0 aliphatic rings. The molecule has 2 aromatic rings. The van der Waals surface area contributed by atoms with Crippen molar-refractivity contribution in [3.05, 3.63) is 59.7 Å². The van der Waals surface area contributed by atoms with Gasteiger partial charge in [-0.1, -0.05) is 25.5 Å². The number of hydrogen-bond acceptors (Lipinski definition) is 3. The number of nitrogens with one attached hydrogen (secondary N) is 3. The third-order valence-electron chi connectivity index (χ3n) is 3.87. The quantitative estimate of drug-likeness (QED) is 0.586. The zero-order valence-electron chi connectivity index (χ0n) is 15.4. The molecule has 5 nitrogen and oxygen atoms in total. The minimum Gasteiger partial charge on any atom is -0.376 e. The number of rotatable bonds is 8. The second-order valence-electron chi connectivity index (χ2n) is 6.17. The van der Waals surface area contributed by atoms with Gasteiger partial charge in [-0.3, -0.25) is 9.59 Å². The standard InChI is InChI=1S/C20H22F3N3O2/c1-2-3-10-24-19(28)14-6-4-8-16(11-14)25-13-18(27)26-17-9-5-7-15(12-17)20(21,22)23/h4-9,11-12,25H,2-3,10,13H2,1H3,(H,24,28)(H,26,27). The Bertz CT molecular complexity index is 822. The van der Waals surface area contributed by atoms with E-state index < -0.39 is 17.6 Å². The van der Waals surface area contributed by atoms with Crippen molar-refractivity contribution in [2.75, 3.05) is 23.7 Å². The molecular weight excluding hydrogens is 371 g/mol. The smallest absolute Gasteiger partial charge is 0.376 e. The molecule has 0 radical (unpaired) electrons. The summed E-state index contributed by atoms with van der Waals surface area (Å²) in [6.07, 6.45) is -2.61. The van der Waals surface area contributed by atoms with Crippen molar-refractivity contribution >= 4 is 23.2 Å². The maximum Gasteiger partial charge on any atom is 0.416 e. The molecule has 0 atom stereocenters. The highest BCUT2D eigenvalue weighted by atomic mass is 19.4. The number of amides is 2. The van der Waals surface area contributed by atoms with Gasteiger partial charge >= 0.3 is 6.18 Å². The summed E-state index contributed by atoms with van der Waals surface area (Å²) in [5, 5.41) is 8.08. The topological polar surface area (TPSA) is 70.2 Å². The van der Waals surface area contributed by atoms with Gasteiger partial charge in [-0.15, -0.1) is 0 Å². The second kappa shape index (κ2) is 9.77. The van der Waals surface area contributed by atoms with Gasteiger partial charge in [0.2, 0.25) is 5.91 Å². The third kappa shape index (κ3) is 6.61. The van der Waals surface area contributed by atoms with Gasteiger partial charge in [0.05, 0.1) is 12.1 Å². The van der Waals surface area contributed by atoms with E-state index in [4.69, 9.17) is 0 Å². The number of carbonyl (C=O) groups is 2. The van der Waals surface area contributed by atoms with Gasteiger partial charge in [0, 0.05) is 23.5 Å². The molecule has 0 saturated carbocycles. The van der Waals surface area contributed by atoms with E-state index in [2.05, 4.69) is 16.0 Å². The van der Waals surface area contributed by atoms with Crippen LogP contribution in [0.4, 0.5) is 24.5 Å². The monoisotopic (exact) mass is 393 g/mol. The highest BCUT2D eigenvalue weighted by Gasteiger charge is 2.30. The second-order valence-corrected chi connectivity index (χ2v) is 6.17. The fraction of sp³-hybridized carbons (Fsp3) is 0.300. The van der Waals surface area contributed by atoms with Crippen LogP contribution in [0.2, 0.25) is 0 Å². The van der Waals surface area contributed by atoms with E-state index in [9.17, 15) is 22.8 Å². The molecular formula is C20H22F3N3O2. The molecule has 8 heteroatoms. The minimum atomic E-state index is -4.48. The van der Waals surface area contributed by atoms with Crippen molar-refractivity contribution < 1.29 is 22.8 Å². The molecule has 0 spiro atoms. The van der Waals surface area contributed by atoms with Gasteiger partial charge in [0.1, 0.15) is 0 Å². The molecule has 0 fully saturated rings. The van der Waals surface area contributed by atoms with Gasteiger partial charge in [0.15, 0.2) is 0 Å². The number of unbranched alkanes of at least 4 members (excludes halogenated alkanes) is 1. The Balaban J connectivity index is 1.91. The predicted molar refractivity (Wildman–Crippen MR) is 102 cm³/mol. The molecule has 150 valence electrons. The van der Waals surface area contributed by atoms with Crippen molar-refractivity contribution in [2.45, 2.75) is 25.9 Å². The Hall–Kier alpha value is -3.03. The van der Waals surface area contributed by atoms with Crippen molar-refractivity contribution in [2.24, 2.45) is 0 Å². The molecule has 2 amide bonds. The average molecular weight is 393 g/mol. The van der Waals surface area contributed by atoms with E-state index in [0.717, 1.165) is 25.0 Å². The average Bonchev–Trinajstić information content (AvgIpc) is 2.66. The molecule has 28 heavy (non-hydrogen) atoms. The van der Waals surface area contributed by atoms with Gasteiger partial charge in [-0.2, -0.15) is 13.2 Å². The normalized spacial score (nSPS) is 11.0. The molecule has 0 aliphatic heterocycles. The van der Waals surface area contributed by atoms with Crippen LogP contribution in [0, 0.1) is 0 Å². The summed E-state index contributed by atoms with van der Waals surface area (Å²) in [6, 6.07) is 11.1. The summed E-state index contributed by atoms with van der Waals surface area (Å²) >= 11 is 0. The Morgan fingerprint density at radius 2 is 1.71 bits per heavy atom. The lowest BCUT2D eigenvalue weighted by molar-refractivity contribution is -0.137. The number of halogens is 3. The first kappa shape index (κ1) is 21.3. The Labute approximate surface area is 161 Å². The lowest BCUT2D eigenvalue weighted by Crippen LogP contribution is -2.25. The molecule has 2 rings (SSSR count). The number of benzene rings is 2. The molecule has 0 bridgehead atoms. The first-order chi connectivity index (χ1) is 13.3. The van der Waals surface area contributed by atoms with E-state index in [-0.39, 0.29) is 18.1 Å². The maximum absolute atomic E-state index is 12.7. The lowest BCUT2D eigenvalue weighted by Gasteiger charge is -2.11. The van der Waals surface area contributed by atoms with E-state index in [0.29, 0.717) is 17.8 Å². The van der Waals surface area contributed by atoms with Crippen LogP contribution in [0.15, 0.2) is 48.5 Å². The van der Waals surface area contributed by atoms with E-state index >= 15 is 0 Å². The molecule has 0 aromatic heterocycles. The van der Waals surface area contributed by atoms with Crippen LogP contribution in [0.1, 0.15) is 35.7 Å². The van der Waals surface area contributed by atoms with Crippen molar-refractivity contribution in [3.63, 3.8) is 0 Å². The largest absolute Gasteiger partial charge is 0.416 e. The Morgan fingerprint density at radius 3 is 2.43 bits per heavy atom. The van der Waals surface area contributed by atoms with Gasteiger partial charge in [-0.25, -0.2) is 0 Å². The fourth-order valence-corrected chi connectivity index (χ4v) is 2.41. The zero-order chi connectivity index (χ0) is 20.6. The number of hydrogen-bond donors (Lipinski definition) is 3. The highest BCUT2D eigenvalue weighted by Crippen LogP contribution is 2.30. The highest BCUT2D eigenvalue weighted by molar-refractivity contribution is 5.96. The van der Waals surface area contributed by atoms with Crippen LogP contribution < -0.4 is 16.0 Å². The van der Waals surface area contributed by atoms with E-state index in [1.807, 2.05) is 6.92 Å². The number of alkyl halides is 3. The summed E-state index contributed by atoms with van der Waals surface area (Å²) in [4.78, 5) is 24.1. The van der Waals surface area contributed by atoms with Crippen LogP contribution in [-0.4, -0.2) is 24.9 Å². The lowest BCUT2D eigenvalue weighted by atomic mass is 10.2. The first-order valence-electron chi connectivity index (χ1n) is 8.89. The maximum atomic E-state index is 12.7. The Morgan fingerprint density at radius 1 is 1.00 bits per heavy atom. The Kier molecular flexibility index (Phi) is 7.43. The molecule has 0 saturated heterocycles. The van der Waals surface area contributed by atoms with Crippen molar-refractivity contribution in [1.29, 1.82) is 0 Å². The van der Waals surface area contributed by atoms with Gasteiger partial charge in [0.25, 0.3) is 5.91 Å². The summed E-state index contributed by atoms with van der Waals surface area (Å²) in [6.45, 7) is 2.46. The SMILES string of the molecule is CCCCNC(=O)c1cccc(NCC(=O)Nc2cccc(C(F)(F)F)c2)c1.